The summed E-state index contributed by atoms with van der Waals surface area (Å²) in [5, 5.41) is 20.3. The molecule has 1 aliphatic heterocycles. The number of carbonyl (C=O) groups excluding carboxylic acids is 1. The first-order chi connectivity index (χ1) is 8.72. The van der Waals surface area contributed by atoms with Crippen LogP contribution in [0.25, 0.3) is 0 Å². The van der Waals surface area contributed by atoms with Crippen molar-refractivity contribution >= 4 is 29.4 Å². The van der Waals surface area contributed by atoms with Crippen molar-refractivity contribution in [3.63, 3.8) is 0 Å². The number of rotatable bonds is 7. The molecular weight excluding hydrogens is 268 g/mol. The molecule has 0 radical (unpaired) electrons. The lowest BCUT2D eigenvalue weighted by atomic mass is 10.2. The van der Waals surface area contributed by atoms with Gasteiger partial charge in [-0.1, -0.05) is 37.9 Å². The minimum absolute atomic E-state index is 0.116. The molecule has 6 heteroatoms. The van der Waals surface area contributed by atoms with Crippen LogP contribution in [0.15, 0.2) is 9.81 Å². The molecule has 0 aliphatic carbocycles. The fourth-order valence-corrected chi connectivity index (χ4v) is 3.95. The quantitative estimate of drug-likeness (QED) is 0.702. The molecule has 0 fully saturated rings. The number of unbranched alkanes of at least 4 members (excludes halogenated alkanes) is 3. The van der Waals surface area contributed by atoms with Crippen molar-refractivity contribution in [1.29, 1.82) is 5.26 Å². The van der Waals surface area contributed by atoms with Crippen molar-refractivity contribution < 1.29 is 9.90 Å². The number of amides is 1. The van der Waals surface area contributed by atoms with Crippen LogP contribution in [0.2, 0.25) is 0 Å². The number of thioether (sulfide) groups is 2. The van der Waals surface area contributed by atoms with Gasteiger partial charge in [0.15, 0.2) is 0 Å². The minimum atomic E-state index is -0.369. The number of aliphatic hydroxyl groups is 1. The molecule has 100 valence electrons. The molecular formula is C12H18N2O2S2. The zero-order valence-electron chi connectivity index (χ0n) is 10.4. The van der Waals surface area contributed by atoms with Gasteiger partial charge in [0.05, 0.1) is 10.8 Å². The van der Waals surface area contributed by atoms with Crippen molar-refractivity contribution in [3.05, 3.63) is 9.81 Å². The van der Waals surface area contributed by atoms with E-state index in [1.165, 1.54) is 31.0 Å². The second-order valence-corrected chi connectivity index (χ2v) is 6.52. The number of hydrogen-bond acceptors (Lipinski definition) is 5. The van der Waals surface area contributed by atoms with Crippen LogP contribution < -0.4 is 5.32 Å². The number of aliphatic hydroxyl groups excluding tert-OH is 1. The average molecular weight is 286 g/mol. The van der Waals surface area contributed by atoms with Crippen molar-refractivity contribution in [1.82, 2.24) is 5.32 Å². The summed E-state index contributed by atoms with van der Waals surface area (Å²) >= 11 is 2.92. The van der Waals surface area contributed by atoms with Gasteiger partial charge in [0.2, 0.25) is 0 Å². The lowest BCUT2D eigenvalue weighted by molar-refractivity contribution is -0.117. The molecule has 18 heavy (non-hydrogen) atoms. The number of carbonyl (C=O) groups is 1. The van der Waals surface area contributed by atoms with Gasteiger partial charge in [-0.05, 0) is 12.2 Å². The van der Waals surface area contributed by atoms with Crippen molar-refractivity contribution in [3.8, 4) is 6.07 Å². The summed E-state index contributed by atoms with van der Waals surface area (Å²) in [6.45, 7) is 2.05. The van der Waals surface area contributed by atoms with E-state index < -0.39 is 0 Å². The van der Waals surface area contributed by atoms with E-state index >= 15 is 0 Å². The lowest BCUT2D eigenvalue weighted by Crippen LogP contribution is -2.39. The molecule has 0 unspecified atom stereocenters. The third-order valence-corrected chi connectivity index (χ3v) is 5.05. The number of nitrogens with zero attached hydrogens (tertiary/aromatic N) is 1. The molecule has 1 atom stereocenters. The van der Waals surface area contributed by atoms with Gasteiger partial charge >= 0.3 is 0 Å². The topological polar surface area (TPSA) is 73.1 Å². The average Bonchev–Trinajstić information content (AvgIpc) is 2.38. The van der Waals surface area contributed by atoms with Gasteiger partial charge in [0, 0.05) is 0 Å². The third-order valence-electron chi connectivity index (χ3n) is 2.48. The van der Waals surface area contributed by atoms with E-state index in [1.807, 2.05) is 6.07 Å². The maximum Gasteiger partial charge on any atom is 0.264 e. The molecule has 0 bridgehead atoms. The molecule has 0 saturated heterocycles. The Bertz CT molecular complexity index is 364. The lowest BCUT2D eigenvalue weighted by Gasteiger charge is -2.23. The highest BCUT2D eigenvalue weighted by atomic mass is 32.2. The van der Waals surface area contributed by atoms with Gasteiger partial charge < -0.3 is 10.4 Å². The van der Waals surface area contributed by atoms with Crippen LogP contribution in [-0.2, 0) is 4.79 Å². The Balaban J connectivity index is 2.53. The van der Waals surface area contributed by atoms with Gasteiger partial charge in [-0.25, -0.2) is 0 Å². The summed E-state index contributed by atoms with van der Waals surface area (Å²) in [5.74, 6) is 0.547. The summed E-state index contributed by atoms with van der Waals surface area (Å²) in [6.07, 6.45) is 4.68. The first-order valence-corrected chi connectivity index (χ1v) is 7.95. The summed E-state index contributed by atoms with van der Waals surface area (Å²) in [6, 6.07) is 1.94. The Labute approximate surface area is 116 Å². The monoisotopic (exact) mass is 286 g/mol. The van der Waals surface area contributed by atoms with Crippen molar-refractivity contribution in [2.45, 2.75) is 38.0 Å². The van der Waals surface area contributed by atoms with Crippen LogP contribution in [0, 0.1) is 11.3 Å². The van der Waals surface area contributed by atoms with Crippen LogP contribution in [0.1, 0.15) is 32.6 Å². The molecule has 1 amide bonds. The number of nitriles is 1. The van der Waals surface area contributed by atoms with E-state index in [0.29, 0.717) is 0 Å². The van der Waals surface area contributed by atoms with Gasteiger partial charge in [-0.2, -0.15) is 5.26 Å². The van der Waals surface area contributed by atoms with E-state index in [-0.39, 0.29) is 23.5 Å². The Kier molecular flexibility index (Phi) is 7.25. The first kappa shape index (κ1) is 15.4. The molecule has 0 saturated carbocycles. The van der Waals surface area contributed by atoms with Gasteiger partial charge in [-0.15, -0.1) is 11.8 Å². The fraction of sp³-hybridized carbons (Fsp3) is 0.667. The molecule has 0 spiro atoms. The van der Waals surface area contributed by atoms with Gasteiger partial charge in [0.25, 0.3) is 5.91 Å². The molecule has 1 heterocycles. The van der Waals surface area contributed by atoms with Crippen LogP contribution in [0.4, 0.5) is 0 Å². The summed E-state index contributed by atoms with van der Waals surface area (Å²) < 4.78 is 0.747. The summed E-state index contributed by atoms with van der Waals surface area (Å²) in [7, 11) is 0. The predicted molar refractivity (Wildman–Crippen MR) is 75.8 cm³/mol. The van der Waals surface area contributed by atoms with Crippen LogP contribution in [0.5, 0.6) is 0 Å². The maximum absolute atomic E-state index is 11.6. The normalized spacial score (nSPS) is 19.6. The van der Waals surface area contributed by atoms with Crippen LogP contribution >= 0.6 is 23.5 Å². The van der Waals surface area contributed by atoms with Crippen LogP contribution in [0.3, 0.4) is 0 Å². The third kappa shape index (κ3) is 4.56. The highest BCUT2D eigenvalue weighted by molar-refractivity contribution is 8.22. The SMILES string of the molecule is CCCCCCSC1=C(C#N)C(=O)N[C@H](CO)S1. The maximum atomic E-state index is 11.6. The molecule has 2 N–H and O–H groups in total. The van der Waals surface area contributed by atoms with E-state index in [0.717, 1.165) is 16.4 Å². The Hall–Kier alpha value is -0.640. The molecule has 0 aromatic rings. The summed E-state index contributed by atoms with van der Waals surface area (Å²) in [4.78, 5) is 11.6. The van der Waals surface area contributed by atoms with E-state index in [2.05, 4.69) is 12.2 Å². The fourth-order valence-electron chi connectivity index (χ4n) is 1.51. The smallest absolute Gasteiger partial charge is 0.264 e. The molecule has 4 nitrogen and oxygen atoms in total. The Morgan fingerprint density at radius 1 is 1.50 bits per heavy atom. The zero-order valence-corrected chi connectivity index (χ0v) is 12.1. The Morgan fingerprint density at radius 2 is 2.28 bits per heavy atom. The molecule has 1 aliphatic rings. The van der Waals surface area contributed by atoms with Gasteiger partial charge in [-0.3, -0.25) is 4.79 Å². The minimum Gasteiger partial charge on any atom is -0.393 e. The van der Waals surface area contributed by atoms with E-state index in [4.69, 9.17) is 10.4 Å². The number of nitrogens with one attached hydrogen (secondary N) is 1. The molecule has 1 rings (SSSR count). The number of hydrogen-bond donors (Lipinski definition) is 2. The standard InChI is InChI=1S/C12H18N2O2S2/c1-2-3-4-5-6-17-12-9(7-13)11(16)14-10(8-15)18-12/h10,15H,2-6,8H2,1H3,(H,14,16)/t10-/m0/s1. The highest BCUT2D eigenvalue weighted by Gasteiger charge is 2.27. The highest BCUT2D eigenvalue weighted by Crippen LogP contribution is 2.37. The largest absolute Gasteiger partial charge is 0.393 e. The van der Waals surface area contributed by atoms with Crippen molar-refractivity contribution in [2.24, 2.45) is 0 Å². The Morgan fingerprint density at radius 3 is 2.89 bits per heavy atom. The molecule has 0 aromatic carbocycles. The zero-order chi connectivity index (χ0) is 13.4. The van der Waals surface area contributed by atoms with E-state index in [9.17, 15) is 4.79 Å². The summed E-state index contributed by atoms with van der Waals surface area (Å²) in [5.41, 5.74) is 0.185. The van der Waals surface area contributed by atoms with Gasteiger partial charge in [0.1, 0.15) is 17.0 Å². The first-order valence-electron chi connectivity index (χ1n) is 6.08. The second-order valence-electron chi connectivity index (χ2n) is 3.95. The predicted octanol–water partition coefficient (Wildman–Crippen LogP) is 2.22. The second kappa shape index (κ2) is 8.46. The molecule has 0 aromatic heterocycles. The van der Waals surface area contributed by atoms with E-state index in [1.54, 1.807) is 11.8 Å². The van der Waals surface area contributed by atoms with Crippen LogP contribution in [-0.4, -0.2) is 28.7 Å². The van der Waals surface area contributed by atoms with Crippen molar-refractivity contribution in [2.75, 3.05) is 12.4 Å².